The number of ether oxygens (including phenoxy) is 1. The summed E-state index contributed by atoms with van der Waals surface area (Å²) in [4.78, 5) is 23.2. The predicted molar refractivity (Wildman–Crippen MR) is 80.2 cm³/mol. The summed E-state index contributed by atoms with van der Waals surface area (Å²) < 4.78 is 5.24. The molecule has 1 fully saturated rings. The highest BCUT2D eigenvalue weighted by atomic mass is 16.5. The van der Waals surface area contributed by atoms with Gasteiger partial charge in [-0.2, -0.15) is 0 Å². The molecular formula is C16H28O6. The molecule has 1 saturated carbocycles. The third-order valence-electron chi connectivity index (χ3n) is 4.92. The molecule has 0 aromatic rings. The minimum atomic E-state index is -0.886. The third kappa shape index (κ3) is 5.25. The molecular weight excluding hydrogens is 288 g/mol. The Morgan fingerprint density at radius 1 is 1.09 bits per heavy atom. The topological polar surface area (TPSA) is 104 Å². The molecule has 6 nitrogen and oxygen atoms in total. The van der Waals surface area contributed by atoms with Crippen LogP contribution in [0.4, 0.5) is 0 Å². The van der Waals surface area contributed by atoms with Crippen LogP contribution in [0.15, 0.2) is 0 Å². The van der Waals surface area contributed by atoms with Gasteiger partial charge < -0.3 is 20.1 Å². The number of esters is 1. The van der Waals surface area contributed by atoms with Gasteiger partial charge in [0, 0.05) is 0 Å². The summed E-state index contributed by atoms with van der Waals surface area (Å²) in [5.41, 5.74) is -1.32. The largest absolute Gasteiger partial charge is 0.481 e. The van der Waals surface area contributed by atoms with E-state index < -0.39 is 22.8 Å². The molecule has 22 heavy (non-hydrogen) atoms. The number of carboxylic acids is 1. The molecule has 0 radical (unpaired) electrons. The summed E-state index contributed by atoms with van der Waals surface area (Å²) in [5.74, 6) is -1.33. The summed E-state index contributed by atoms with van der Waals surface area (Å²) in [6.07, 6.45) is 4.98. The minimum Gasteiger partial charge on any atom is -0.481 e. The number of carboxylic acid groups (broad SMARTS) is 1. The van der Waals surface area contributed by atoms with Crippen molar-refractivity contribution < 1.29 is 29.6 Å². The fraction of sp³-hybridized carbons (Fsp3) is 0.875. The van der Waals surface area contributed by atoms with Crippen LogP contribution in [0.5, 0.6) is 0 Å². The molecule has 1 aliphatic carbocycles. The normalized spacial score (nSPS) is 18.0. The molecule has 0 amide bonds. The molecule has 6 heteroatoms. The van der Waals surface area contributed by atoms with Gasteiger partial charge in [-0.3, -0.25) is 9.59 Å². The summed E-state index contributed by atoms with van der Waals surface area (Å²) in [6.45, 7) is 1.26. The molecule has 128 valence electrons. The van der Waals surface area contributed by atoms with Gasteiger partial charge in [0.15, 0.2) is 0 Å². The first kappa shape index (κ1) is 18.9. The summed E-state index contributed by atoms with van der Waals surface area (Å²) >= 11 is 0. The van der Waals surface area contributed by atoms with Crippen LogP contribution in [0.25, 0.3) is 0 Å². The highest BCUT2D eigenvalue weighted by Crippen LogP contribution is 2.42. The molecule has 0 bridgehead atoms. The molecule has 0 heterocycles. The maximum Gasteiger partial charge on any atom is 0.306 e. The van der Waals surface area contributed by atoms with Gasteiger partial charge in [-0.25, -0.2) is 0 Å². The molecule has 0 unspecified atom stereocenters. The van der Waals surface area contributed by atoms with Crippen LogP contribution in [-0.4, -0.2) is 47.1 Å². The van der Waals surface area contributed by atoms with Gasteiger partial charge in [-0.1, -0.05) is 26.2 Å². The average Bonchev–Trinajstić information content (AvgIpc) is 2.49. The summed E-state index contributed by atoms with van der Waals surface area (Å²) in [7, 11) is 0. The Labute approximate surface area is 131 Å². The van der Waals surface area contributed by atoms with Crippen molar-refractivity contribution >= 4 is 11.9 Å². The van der Waals surface area contributed by atoms with E-state index in [1.165, 1.54) is 0 Å². The number of aliphatic hydroxyl groups is 2. The van der Waals surface area contributed by atoms with E-state index in [9.17, 15) is 19.8 Å². The Morgan fingerprint density at radius 2 is 1.68 bits per heavy atom. The van der Waals surface area contributed by atoms with E-state index in [1.807, 2.05) is 6.92 Å². The van der Waals surface area contributed by atoms with E-state index in [0.717, 1.165) is 32.1 Å². The Morgan fingerprint density at radius 3 is 2.14 bits per heavy atom. The highest BCUT2D eigenvalue weighted by Gasteiger charge is 2.38. The zero-order valence-electron chi connectivity index (χ0n) is 13.3. The van der Waals surface area contributed by atoms with E-state index in [2.05, 4.69) is 0 Å². The highest BCUT2D eigenvalue weighted by molar-refractivity contribution is 5.73. The van der Waals surface area contributed by atoms with Crippen molar-refractivity contribution in [2.75, 3.05) is 19.8 Å². The second kappa shape index (κ2) is 8.48. The van der Waals surface area contributed by atoms with Gasteiger partial charge in [0.25, 0.3) is 0 Å². The van der Waals surface area contributed by atoms with Crippen LogP contribution >= 0.6 is 0 Å². The van der Waals surface area contributed by atoms with Crippen molar-refractivity contribution in [3.05, 3.63) is 0 Å². The average molecular weight is 316 g/mol. The second-order valence-corrected chi connectivity index (χ2v) is 6.64. The van der Waals surface area contributed by atoms with Crippen molar-refractivity contribution in [2.45, 2.75) is 58.3 Å². The van der Waals surface area contributed by atoms with Crippen LogP contribution in [0.2, 0.25) is 0 Å². The number of hydrogen-bond acceptors (Lipinski definition) is 5. The van der Waals surface area contributed by atoms with E-state index in [4.69, 9.17) is 9.84 Å². The molecule has 3 N–H and O–H groups in total. The van der Waals surface area contributed by atoms with Crippen molar-refractivity contribution in [1.82, 2.24) is 0 Å². The van der Waals surface area contributed by atoms with E-state index >= 15 is 0 Å². The number of aliphatic hydroxyl groups excluding tert-OH is 2. The van der Waals surface area contributed by atoms with Gasteiger partial charge >= 0.3 is 11.9 Å². The van der Waals surface area contributed by atoms with Gasteiger partial charge in [-0.05, 0) is 24.7 Å². The Hall–Kier alpha value is -1.14. The van der Waals surface area contributed by atoms with Crippen molar-refractivity contribution in [2.24, 2.45) is 10.8 Å². The number of carbonyl (C=O) groups excluding carboxylic acids is 1. The third-order valence-corrected chi connectivity index (χ3v) is 4.92. The first-order valence-electron chi connectivity index (χ1n) is 8.00. The Bertz CT molecular complexity index is 361. The second-order valence-electron chi connectivity index (χ2n) is 6.64. The number of hydrogen-bond donors (Lipinski definition) is 3. The van der Waals surface area contributed by atoms with Gasteiger partial charge in [-0.15, -0.1) is 0 Å². The summed E-state index contributed by atoms with van der Waals surface area (Å²) in [6, 6.07) is 0. The van der Waals surface area contributed by atoms with Crippen LogP contribution < -0.4 is 0 Å². The number of rotatable bonds is 9. The number of aliphatic carboxylic acids is 1. The lowest BCUT2D eigenvalue weighted by molar-refractivity contribution is -0.154. The van der Waals surface area contributed by atoms with Crippen LogP contribution in [0, 0.1) is 10.8 Å². The van der Waals surface area contributed by atoms with Crippen molar-refractivity contribution in [3.8, 4) is 0 Å². The maximum atomic E-state index is 12.1. The fourth-order valence-corrected chi connectivity index (χ4v) is 3.10. The van der Waals surface area contributed by atoms with E-state index in [-0.39, 0.29) is 32.7 Å². The van der Waals surface area contributed by atoms with Gasteiger partial charge in [0.05, 0.1) is 31.5 Å². The molecule has 0 atom stereocenters. The molecule has 1 aliphatic rings. The molecule has 0 aromatic carbocycles. The summed E-state index contributed by atoms with van der Waals surface area (Å²) in [5, 5.41) is 27.8. The first-order valence-corrected chi connectivity index (χ1v) is 8.00. The zero-order chi connectivity index (χ0) is 16.6. The van der Waals surface area contributed by atoms with Gasteiger partial charge in [0.1, 0.15) is 6.61 Å². The molecule has 0 aromatic heterocycles. The van der Waals surface area contributed by atoms with Crippen LogP contribution in [0.1, 0.15) is 58.3 Å². The number of carbonyl (C=O) groups is 2. The molecule has 0 spiro atoms. The molecule has 0 saturated heterocycles. The smallest absolute Gasteiger partial charge is 0.306 e. The van der Waals surface area contributed by atoms with Crippen molar-refractivity contribution in [1.29, 1.82) is 0 Å². The fourth-order valence-electron chi connectivity index (χ4n) is 3.10. The monoisotopic (exact) mass is 316 g/mol. The van der Waals surface area contributed by atoms with E-state index in [0.29, 0.717) is 6.42 Å². The lowest BCUT2D eigenvalue weighted by Crippen LogP contribution is -2.37. The first-order chi connectivity index (χ1) is 10.4. The quantitative estimate of drug-likeness (QED) is 0.560. The van der Waals surface area contributed by atoms with Crippen LogP contribution in [0.3, 0.4) is 0 Å². The molecule has 1 rings (SSSR count). The van der Waals surface area contributed by atoms with E-state index in [1.54, 1.807) is 0 Å². The predicted octanol–water partition coefficient (Wildman–Crippen LogP) is 1.73. The Balaban J connectivity index is 2.62. The lowest BCUT2D eigenvalue weighted by Gasteiger charge is -2.35. The SMILES string of the molecule is CCC(CO)(CO)COC(=O)CC1(CC(=O)O)CCCCC1. The Kier molecular flexibility index (Phi) is 7.29. The molecule has 0 aliphatic heterocycles. The minimum absolute atomic E-state index is 0.0129. The standard InChI is InChI=1S/C16H28O6/c1-2-15(10-17,11-18)12-22-14(21)9-16(8-13(19)20)6-4-3-5-7-16/h17-18H,2-12H2,1H3,(H,19,20). The maximum absolute atomic E-state index is 12.1. The lowest BCUT2D eigenvalue weighted by atomic mass is 9.69. The van der Waals surface area contributed by atoms with Crippen molar-refractivity contribution in [3.63, 3.8) is 0 Å². The van der Waals surface area contributed by atoms with Crippen LogP contribution in [-0.2, 0) is 14.3 Å². The van der Waals surface area contributed by atoms with Gasteiger partial charge in [0.2, 0.25) is 0 Å². The zero-order valence-corrected chi connectivity index (χ0v) is 13.3.